The molecular formula is C13H21N3O8S2. The van der Waals surface area contributed by atoms with Crippen molar-refractivity contribution in [3.05, 3.63) is 21.6 Å². The Labute approximate surface area is 150 Å². The summed E-state index contributed by atoms with van der Waals surface area (Å²) in [6.07, 6.45) is 1.93. The van der Waals surface area contributed by atoms with Crippen LogP contribution in [0.5, 0.6) is 0 Å². The lowest BCUT2D eigenvalue weighted by Gasteiger charge is -2.29. The molecule has 1 aliphatic carbocycles. The zero-order chi connectivity index (χ0) is 19.7. The van der Waals surface area contributed by atoms with Gasteiger partial charge in [-0.25, -0.2) is 4.68 Å². The van der Waals surface area contributed by atoms with E-state index in [0.29, 0.717) is 19.3 Å². The van der Waals surface area contributed by atoms with Crippen molar-refractivity contribution in [2.45, 2.75) is 50.4 Å². The summed E-state index contributed by atoms with van der Waals surface area (Å²) in [7, 11) is -8.80. The molecule has 2 atom stereocenters. The molecule has 0 saturated heterocycles. The maximum Gasteiger partial charge on any atom is 0.274 e. The number of nitrogens with one attached hydrogen (secondary N) is 2. The molecule has 1 aliphatic rings. The van der Waals surface area contributed by atoms with E-state index in [2.05, 4.69) is 10.4 Å². The fraction of sp³-hybridized carbons (Fsp3) is 0.692. The first-order chi connectivity index (χ1) is 11.9. The highest BCUT2D eigenvalue weighted by atomic mass is 32.2. The minimum absolute atomic E-state index is 0.203. The molecule has 0 radical (unpaired) electrons. The monoisotopic (exact) mass is 411 g/mol. The third kappa shape index (κ3) is 4.93. The van der Waals surface area contributed by atoms with Crippen molar-refractivity contribution in [2.75, 3.05) is 5.75 Å². The zero-order valence-corrected chi connectivity index (χ0v) is 15.6. The van der Waals surface area contributed by atoms with Crippen LogP contribution < -0.4 is 10.9 Å². The Kier molecular flexibility index (Phi) is 5.95. The van der Waals surface area contributed by atoms with E-state index in [-0.39, 0.29) is 24.2 Å². The molecule has 2 rings (SSSR count). The lowest BCUT2D eigenvalue weighted by Crippen LogP contribution is -2.38. The molecule has 0 bridgehead atoms. The molecule has 4 N–H and O–H groups in total. The van der Waals surface area contributed by atoms with Crippen molar-refractivity contribution < 1.29 is 30.7 Å². The predicted octanol–water partition coefficient (Wildman–Crippen LogP) is -0.640. The molecule has 1 heterocycles. The van der Waals surface area contributed by atoms with Gasteiger partial charge in [-0.1, -0.05) is 12.8 Å². The fourth-order valence-corrected chi connectivity index (χ4v) is 4.67. The number of carbonyl (C=O) groups is 1. The standard InChI is InChI=1S/C13H21N3O8S2/c1-8-9(6-14-12(17)7-25(19,20)21)15-16(13(8)18)10-4-2-3-5-11(10)26(22,23)24/h10-11,15H,2-7H2,1H3,(H,14,17)(H,19,20,21)(H,22,23,24). The van der Waals surface area contributed by atoms with E-state index in [4.69, 9.17) is 4.55 Å². The highest BCUT2D eigenvalue weighted by Crippen LogP contribution is 2.32. The third-order valence-corrected chi connectivity index (χ3v) is 6.35. The van der Waals surface area contributed by atoms with Gasteiger partial charge in [-0.15, -0.1) is 0 Å². The maximum absolute atomic E-state index is 12.4. The minimum atomic E-state index is -4.47. The summed E-state index contributed by atoms with van der Waals surface area (Å²) in [6, 6.07) is -0.757. The Morgan fingerprint density at radius 2 is 1.85 bits per heavy atom. The molecule has 2 unspecified atom stereocenters. The summed E-state index contributed by atoms with van der Waals surface area (Å²) in [5, 5.41) is 3.89. The fourth-order valence-electron chi connectivity index (χ4n) is 3.12. The summed E-state index contributed by atoms with van der Waals surface area (Å²) in [6.45, 7) is 1.27. The van der Waals surface area contributed by atoms with Gasteiger partial charge in [-0.05, 0) is 19.8 Å². The molecule has 26 heavy (non-hydrogen) atoms. The highest BCUT2D eigenvalue weighted by molar-refractivity contribution is 7.86. The second kappa shape index (κ2) is 7.50. The Morgan fingerprint density at radius 3 is 2.42 bits per heavy atom. The molecule has 13 heteroatoms. The van der Waals surface area contributed by atoms with Gasteiger partial charge in [0, 0.05) is 5.56 Å². The van der Waals surface area contributed by atoms with E-state index in [1.54, 1.807) is 0 Å². The molecule has 1 fully saturated rings. The predicted molar refractivity (Wildman–Crippen MR) is 90.9 cm³/mol. The van der Waals surface area contributed by atoms with Crippen molar-refractivity contribution in [1.82, 2.24) is 15.1 Å². The van der Waals surface area contributed by atoms with Crippen molar-refractivity contribution in [3.63, 3.8) is 0 Å². The largest absolute Gasteiger partial charge is 0.349 e. The minimum Gasteiger partial charge on any atom is -0.349 e. The van der Waals surface area contributed by atoms with Gasteiger partial charge in [0.05, 0.1) is 18.3 Å². The third-order valence-electron chi connectivity index (χ3n) is 4.41. The first-order valence-corrected chi connectivity index (χ1v) is 11.0. The van der Waals surface area contributed by atoms with Crippen LogP contribution in [0.4, 0.5) is 0 Å². The Bertz CT molecular complexity index is 945. The number of H-pyrrole nitrogens is 1. The second-order valence-electron chi connectivity index (χ2n) is 6.30. The Balaban J connectivity index is 2.23. The number of carbonyl (C=O) groups excluding carboxylic acids is 1. The average molecular weight is 411 g/mol. The Hall–Kier alpha value is -1.70. The van der Waals surface area contributed by atoms with Crippen LogP contribution >= 0.6 is 0 Å². The number of hydrogen-bond donors (Lipinski definition) is 4. The second-order valence-corrected chi connectivity index (χ2v) is 9.39. The van der Waals surface area contributed by atoms with Gasteiger partial charge in [0.2, 0.25) is 5.91 Å². The molecule has 1 aromatic rings. The van der Waals surface area contributed by atoms with E-state index >= 15 is 0 Å². The topological polar surface area (TPSA) is 176 Å². The van der Waals surface area contributed by atoms with Crippen LogP contribution in [0.2, 0.25) is 0 Å². The summed E-state index contributed by atoms with van der Waals surface area (Å²) in [5.41, 5.74) is 0.0275. The molecule has 1 amide bonds. The molecular weight excluding hydrogens is 390 g/mol. The lowest BCUT2D eigenvalue weighted by atomic mass is 9.95. The first kappa shape index (κ1) is 20.6. The molecule has 11 nitrogen and oxygen atoms in total. The Morgan fingerprint density at radius 1 is 1.23 bits per heavy atom. The van der Waals surface area contributed by atoms with Gasteiger partial charge in [-0.2, -0.15) is 16.8 Å². The van der Waals surface area contributed by atoms with E-state index in [1.165, 1.54) is 6.92 Å². The van der Waals surface area contributed by atoms with E-state index in [0.717, 1.165) is 4.68 Å². The van der Waals surface area contributed by atoms with E-state index in [9.17, 15) is 31.0 Å². The van der Waals surface area contributed by atoms with Gasteiger partial charge >= 0.3 is 0 Å². The van der Waals surface area contributed by atoms with Crippen LogP contribution in [0.1, 0.15) is 43.0 Å². The van der Waals surface area contributed by atoms with Crippen LogP contribution in [-0.2, 0) is 31.6 Å². The van der Waals surface area contributed by atoms with Crippen molar-refractivity contribution in [3.8, 4) is 0 Å². The smallest absolute Gasteiger partial charge is 0.274 e. The number of nitrogens with zero attached hydrogens (tertiary/aromatic N) is 1. The summed E-state index contributed by atoms with van der Waals surface area (Å²) >= 11 is 0. The van der Waals surface area contributed by atoms with Crippen LogP contribution in [0, 0.1) is 6.92 Å². The SMILES string of the molecule is Cc1c(CNC(=O)CS(=O)(=O)O)[nH]n(C2CCCCC2S(=O)(=O)O)c1=O. The molecule has 1 aromatic heterocycles. The number of aromatic amines is 1. The quantitative estimate of drug-likeness (QED) is 0.447. The molecule has 1 saturated carbocycles. The molecule has 0 spiro atoms. The normalized spacial score (nSPS) is 21.5. The lowest BCUT2D eigenvalue weighted by molar-refractivity contribution is -0.118. The van der Waals surface area contributed by atoms with Gasteiger partial charge in [0.1, 0.15) is 5.25 Å². The number of hydrogen-bond acceptors (Lipinski definition) is 6. The molecule has 0 aromatic carbocycles. The van der Waals surface area contributed by atoms with Crippen molar-refractivity contribution in [1.29, 1.82) is 0 Å². The van der Waals surface area contributed by atoms with Gasteiger partial charge in [0.25, 0.3) is 25.8 Å². The van der Waals surface area contributed by atoms with Gasteiger partial charge < -0.3 is 5.32 Å². The average Bonchev–Trinajstić information content (AvgIpc) is 2.78. The zero-order valence-electron chi connectivity index (χ0n) is 14.0. The number of aromatic nitrogens is 2. The van der Waals surface area contributed by atoms with Crippen molar-refractivity contribution in [2.24, 2.45) is 0 Å². The van der Waals surface area contributed by atoms with Crippen LogP contribution in [0.3, 0.4) is 0 Å². The van der Waals surface area contributed by atoms with Crippen LogP contribution in [0.25, 0.3) is 0 Å². The summed E-state index contributed by atoms with van der Waals surface area (Å²) in [4.78, 5) is 23.9. The maximum atomic E-state index is 12.4. The van der Waals surface area contributed by atoms with Gasteiger partial charge in [0.15, 0.2) is 5.75 Å². The van der Waals surface area contributed by atoms with Crippen LogP contribution in [0.15, 0.2) is 4.79 Å². The van der Waals surface area contributed by atoms with Crippen LogP contribution in [-0.4, -0.2) is 52.6 Å². The first-order valence-electron chi connectivity index (χ1n) is 7.88. The number of rotatable bonds is 6. The van der Waals surface area contributed by atoms with Gasteiger partial charge in [-0.3, -0.25) is 23.8 Å². The summed E-state index contributed by atoms with van der Waals surface area (Å²) < 4.78 is 63.8. The number of amides is 1. The highest BCUT2D eigenvalue weighted by Gasteiger charge is 2.37. The van der Waals surface area contributed by atoms with Crippen molar-refractivity contribution >= 4 is 26.1 Å². The molecule has 148 valence electrons. The van der Waals surface area contributed by atoms with E-state index in [1.807, 2.05) is 0 Å². The molecule has 0 aliphatic heterocycles. The van der Waals surface area contributed by atoms with E-state index < -0.39 is 48.7 Å². The summed E-state index contributed by atoms with van der Waals surface area (Å²) in [5.74, 6) is -2.06.